The van der Waals surface area contributed by atoms with Crippen LogP contribution in [-0.2, 0) is 14.8 Å². The third-order valence-corrected chi connectivity index (χ3v) is 6.65. The largest absolute Gasteiger partial charge is 0.462 e. The number of primary sulfonamides is 1. The minimum atomic E-state index is -3.79. The number of carbonyl (C=O) groups is 1. The van der Waals surface area contributed by atoms with Crippen LogP contribution < -0.4 is 5.14 Å². The molecule has 1 heterocycles. The Morgan fingerprint density at radius 3 is 2.39 bits per heavy atom. The Balaban J connectivity index is 2.20. The molecular weight excluding hydrogens is 418 g/mol. The summed E-state index contributed by atoms with van der Waals surface area (Å²) in [6.07, 6.45) is 0. The molecule has 0 radical (unpaired) electrons. The summed E-state index contributed by atoms with van der Waals surface area (Å²) in [5, 5.41) is 5.77. The molecule has 8 heteroatoms. The van der Waals surface area contributed by atoms with Gasteiger partial charge < -0.3 is 4.74 Å². The molecule has 0 aliphatic carbocycles. The Labute approximate surface area is 172 Å². The van der Waals surface area contributed by atoms with Crippen LogP contribution in [0.15, 0.2) is 53.4 Å². The summed E-state index contributed by atoms with van der Waals surface area (Å²) in [6, 6.07) is 13.5. The van der Waals surface area contributed by atoms with E-state index in [0.29, 0.717) is 21.0 Å². The van der Waals surface area contributed by atoms with Crippen molar-refractivity contribution in [2.24, 2.45) is 5.14 Å². The van der Waals surface area contributed by atoms with Crippen molar-refractivity contribution >= 4 is 38.9 Å². The first-order chi connectivity index (χ1) is 13.2. The molecule has 3 rings (SSSR count). The van der Waals surface area contributed by atoms with Crippen LogP contribution in [0, 0.1) is 6.92 Å². The number of hydrogen-bond donors (Lipinski definition) is 1. The van der Waals surface area contributed by atoms with Gasteiger partial charge in [0.25, 0.3) is 0 Å². The van der Waals surface area contributed by atoms with Gasteiger partial charge >= 0.3 is 5.97 Å². The molecule has 2 N–H and O–H groups in total. The van der Waals surface area contributed by atoms with Gasteiger partial charge in [0, 0.05) is 15.5 Å². The summed E-state index contributed by atoms with van der Waals surface area (Å²) < 4.78 is 28.3. The molecular formula is C20H18ClNO4S2. The van der Waals surface area contributed by atoms with E-state index in [1.807, 2.05) is 25.1 Å². The second-order valence-electron chi connectivity index (χ2n) is 6.06. The smallest absolute Gasteiger partial charge is 0.348 e. The third kappa shape index (κ3) is 4.12. The lowest BCUT2D eigenvalue weighted by Crippen LogP contribution is -2.11. The van der Waals surface area contributed by atoms with Gasteiger partial charge in [-0.25, -0.2) is 18.4 Å². The number of rotatable bonds is 5. The van der Waals surface area contributed by atoms with E-state index in [1.165, 1.54) is 23.5 Å². The van der Waals surface area contributed by atoms with Crippen LogP contribution in [0.2, 0.25) is 5.02 Å². The number of hydrogen-bond acceptors (Lipinski definition) is 5. The van der Waals surface area contributed by atoms with Crippen LogP contribution in [0.3, 0.4) is 0 Å². The van der Waals surface area contributed by atoms with Gasteiger partial charge in [0.1, 0.15) is 4.88 Å². The highest BCUT2D eigenvalue weighted by Gasteiger charge is 2.24. The molecule has 0 aliphatic rings. The maximum atomic E-state index is 12.6. The maximum absolute atomic E-state index is 12.6. The quantitative estimate of drug-likeness (QED) is 0.579. The Morgan fingerprint density at radius 2 is 1.82 bits per heavy atom. The lowest BCUT2D eigenvalue weighted by Gasteiger charge is -2.07. The predicted octanol–water partition coefficient (Wildman–Crippen LogP) is 4.87. The first-order valence-corrected chi connectivity index (χ1v) is 11.2. The number of esters is 1. The van der Waals surface area contributed by atoms with Crippen molar-refractivity contribution in [2.45, 2.75) is 18.7 Å². The van der Waals surface area contributed by atoms with Crippen molar-refractivity contribution in [1.82, 2.24) is 0 Å². The summed E-state index contributed by atoms with van der Waals surface area (Å²) in [5.74, 6) is -0.422. The fourth-order valence-corrected chi connectivity index (χ4v) is 4.84. The molecule has 0 fully saturated rings. The molecule has 0 atom stereocenters. The summed E-state index contributed by atoms with van der Waals surface area (Å²) in [6.45, 7) is 3.92. The first kappa shape index (κ1) is 20.5. The standard InChI is InChI=1S/C20H18ClNO4S2/c1-3-26-20(23)19-17(13-7-9-16(10-8-13)28(22,24)25)12(2)18(27-19)14-5-4-6-15(21)11-14/h4-11H,3H2,1-2H3,(H2,22,24,25). The first-order valence-electron chi connectivity index (χ1n) is 8.42. The molecule has 0 amide bonds. The fourth-order valence-electron chi connectivity index (χ4n) is 2.92. The molecule has 0 saturated heterocycles. The summed E-state index contributed by atoms with van der Waals surface area (Å²) in [7, 11) is -3.79. The summed E-state index contributed by atoms with van der Waals surface area (Å²) in [4.78, 5) is 13.9. The number of ether oxygens (including phenoxy) is 1. The molecule has 1 aromatic heterocycles. The second-order valence-corrected chi connectivity index (χ2v) is 9.08. The van der Waals surface area contributed by atoms with Gasteiger partial charge in [0.05, 0.1) is 11.5 Å². The number of nitrogens with two attached hydrogens (primary N) is 1. The minimum absolute atomic E-state index is 0.0110. The average molecular weight is 436 g/mol. The monoisotopic (exact) mass is 435 g/mol. The highest BCUT2D eigenvalue weighted by atomic mass is 35.5. The van der Waals surface area contributed by atoms with E-state index in [4.69, 9.17) is 21.5 Å². The molecule has 0 aliphatic heterocycles. The van der Waals surface area contributed by atoms with Crippen molar-refractivity contribution in [3.8, 4) is 21.6 Å². The highest BCUT2D eigenvalue weighted by molar-refractivity contribution is 7.89. The van der Waals surface area contributed by atoms with Crippen LogP contribution in [-0.4, -0.2) is 21.0 Å². The molecule has 28 heavy (non-hydrogen) atoms. The Kier molecular flexibility index (Phi) is 5.90. The van der Waals surface area contributed by atoms with Crippen molar-refractivity contribution in [2.75, 3.05) is 6.61 Å². The van der Waals surface area contributed by atoms with E-state index in [1.54, 1.807) is 25.1 Å². The fraction of sp³-hybridized carbons (Fsp3) is 0.150. The average Bonchev–Trinajstić information content (AvgIpc) is 2.99. The molecule has 0 spiro atoms. The molecule has 3 aromatic rings. The van der Waals surface area contributed by atoms with E-state index >= 15 is 0 Å². The van der Waals surface area contributed by atoms with E-state index in [2.05, 4.69) is 0 Å². The maximum Gasteiger partial charge on any atom is 0.348 e. The van der Waals surface area contributed by atoms with Crippen molar-refractivity contribution in [1.29, 1.82) is 0 Å². The third-order valence-electron chi connectivity index (χ3n) is 4.17. The van der Waals surface area contributed by atoms with Gasteiger partial charge in [0.15, 0.2) is 0 Å². The van der Waals surface area contributed by atoms with Gasteiger partial charge in [-0.05, 0) is 54.8 Å². The van der Waals surface area contributed by atoms with Crippen LogP contribution >= 0.6 is 22.9 Å². The topological polar surface area (TPSA) is 86.5 Å². The van der Waals surface area contributed by atoms with Crippen molar-refractivity contribution in [3.05, 3.63) is 64.0 Å². The summed E-state index contributed by atoms with van der Waals surface area (Å²) in [5.41, 5.74) is 3.20. The van der Waals surface area contributed by atoms with Crippen LogP contribution in [0.1, 0.15) is 22.2 Å². The second kappa shape index (κ2) is 8.05. The number of carbonyl (C=O) groups excluding carboxylic acids is 1. The number of halogens is 1. The zero-order chi connectivity index (χ0) is 20.5. The Bertz CT molecular complexity index is 1140. The Morgan fingerprint density at radius 1 is 1.14 bits per heavy atom. The zero-order valence-corrected chi connectivity index (χ0v) is 17.6. The minimum Gasteiger partial charge on any atom is -0.462 e. The molecule has 5 nitrogen and oxygen atoms in total. The normalized spacial score (nSPS) is 11.4. The van der Waals surface area contributed by atoms with Crippen LogP contribution in [0.4, 0.5) is 0 Å². The lowest BCUT2D eigenvalue weighted by molar-refractivity contribution is 0.0533. The highest BCUT2D eigenvalue weighted by Crippen LogP contribution is 2.42. The molecule has 2 aromatic carbocycles. The Hall–Kier alpha value is -2.19. The lowest BCUT2D eigenvalue weighted by atomic mass is 9.99. The van der Waals surface area contributed by atoms with Gasteiger partial charge in [-0.1, -0.05) is 35.9 Å². The SMILES string of the molecule is CCOC(=O)c1sc(-c2cccc(Cl)c2)c(C)c1-c1ccc(S(N)(=O)=O)cc1. The molecule has 0 saturated carbocycles. The van der Waals surface area contributed by atoms with E-state index in [0.717, 1.165) is 16.0 Å². The van der Waals surface area contributed by atoms with Gasteiger partial charge in [-0.2, -0.15) is 0 Å². The van der Waals surface area contributed by atoms with Gasteiger partial charge in [-0.3, -0.25) is 0 Å². The molecule has 0 bridgehead atoms. The van der Waals surface area contributed by atoms with Crippen LogP contribution in [0.5, 0.6) is 0 Å². The summed E-state index contributed by atoms with van der Waals surface area (Å²) >= 11 is 7.45. The number of thiophene rings is 1. The van der Waals surface area contributed by atoms with E-state index < -0.39 is 16.0 Å². The van der Waals surface area contributed by atoms with E-state index in [-0.39, 0.29) is 11.5 Å². The van der Waals surface area contributed by atoms with Crippen molar-refractivity contribution in [3.63, 3.8) is 0 Å². The van der Waals surface area contributed by atoms with Gasteiger partial charge in [0.2, 0.25) is 10.0 Å². The zero-order valence-electron chi connectivity index (χ0n) is 15.2. The molecule has 146 valence electrons. The number of sulfonamides is 1. The van der Waals surface area contributed by atoms with Crippen molar-refractivity contribution < 1.29 is 17.9 Å². The molecule has 0 unspecified atom stereocenters. The predicted molar refractivity (Wildman–Crippen MR) is 112 cm³/mol. The van der Waals surface area contributed by atoms with Gasteiger partial charge in [-0.15, -0.1) is 11.3 Å². The van der Waals surface area contributed by atoms with E-state index in [9.17, 15) is 13.2 Å². The van der Waals surface area contributed by atoms with Crippen LogP contribution in [0.25, 0.3) is 21.6 Å². The number of benzene rings is 2.